The summed E-state index contributed by atoms with van der Waals surface area (Å²) in [6.07, 6.45) is 0. The summed E-state index contributed by atoms with van der Waals surface area (Å²) in [6.45, 7) is 0. The first-order valence-corrected chi connectivity index (χ1v) is 20.3. The standard InChI is InChI=1S/C54H35FN2S/c55-41-26-33-48-47-14-4-6-17-50(47)57(51(48)35-41)45-13-8-12-40(34-45)38-22-29-43(30-23-38)56(42-27-20-37(21-28-42)36-10-2-1-3-11-36)44-31-24-39(25-32-44)46-16-9-19-53-54(46)49-15-5-7-18-52(49)58-53/h1-35H. The number of fused-ring (bicyclic) bond motifs is 6. The number of aromatic nitrogens is 1. The quantitative estimate of drug-likeness (QED) is 0.157. The fourth-order valence-corrected chi connectivity index (χ4v) is 9.67. The molecule has 11 rings (SSSR count). The molecule has 0 fully saturated rings. The van der Waals surface area contributed by atoms with E-state index in [9.17, 15) is 4.39 Å². The lowest BCUT2D eigenvalue weighted by Crippen LogP contribution is -2.09. The molecule has 0 N–H and O–H groups in total. The lowest BCUT2D eigenvalue weighted by atomic mass is 9.99. The first-order valence-electron chi connectivity index (χ1n) is 19.5. The molecule has 0 aliphatic rings. The second-order valence-corrected chi connectivity index (χ2v) is 15.8. The Morgan fingerprint density at radius 3 is 1.67 bits per heavy atom. The average Bonchev–Trinajstić information content (AvgIpc) is 3.83. The van der Waals surface area contributed by atoms with Gasteiger partial charge in [-0.25, -0.2) is 4.39 Å². The number of nitrogens with zero attached hydrogens (tertiary/aromatic N) is 2. The van der Waals surface area contributed by atoms with Gasteiger partial charge in [-0.05, 0) is 118 Å². The van der Waals surface area contributed by atoms with Gasteiger partial charge in [0.2, 0.25) is 0 Å². The molecule has 274 valence electrons. The smallest absolute Gasteiger partial charge is 0.125 e. The van der Waals surface area contributed by atoms with Crippen molar-refractivity contribution in [1.29, 1.82) is 0 Å². The third kappa shape index (κ3) is 5.85. The van der Waals surface area contributed by atoms with Crippen LogP contribution in [-0.4, -0.2) is 4.57 Å². The van der Waals surface area contributed by atoms with E-state index in [2.05, 4.69) is 191 Å². The minimum Gasteiger partial charge on any atom is -0.311 e. The monoisotopic (exact) mass is 762 g/mol. The summed E-state index contributed by atoms with van der Waals surface area (Å²) >= 11 is 1.85. The van der Waals surface area contributed by atoms with Crippen LogP contribution in [0, 0.1) is 5.82 Å². The van der Waals surface area contributed by atoms with Crippen LogP contribution >= 0.6 is 11.3 Å². The molecule has 0 aliphatic carbocycles. The van der Waals surface area contributed by atoms with Gasteiger partial charge in [-0.2, -0.15) is 0 Å². The minimum absolute atomic E-state index is 0.245. The van der Waals surface area contributed by atoms with Crippen molar-refractivity contribution >= 4 is 70.4 Å². The number of thiophene rings is 1. The molecule has 4 heteroatoms. The topological polar surface area (TPSA) is 8.17 Å². The normalized spacial score (nSPS) is 11.5. The van der Waals surface area contributed by atoms with Gasteiger partial charge in [-0.15, -0.1) is 11.3 Å². The van der Waals surface area contributed by atoms with Crippen LogP contribution in [-0.2, 0) is 0 Å². The fourth-order valence-electron chi connectivity index (χ4n) is 8.54. The van der Waals surface area contributed by atoms with E-state index in [1.807, 2.05) is 29.5 Å². The van der Waals surface area contributed by atoms with Crippen molar-refractivity contribution in [2.24, 2.45) is 0 Å². The predicted octanol–water partition coefficient (Wildman–Crippen LogP) is 15.8. The Morgan fingerprint density at radius 1 is 0.379 bits per heavy atom. The zero-order chi connectivity index (χ0) is 38.6. The molecule has 2 aromatic heterocycles. The molecule has 0 atom stereocenters. The molecule has 9 aromatic carbocycles. The van der Waals surface area contributed by atoms with E-state index in [1.165, 1.54) is 42.4 Å². The molecule has 2 nitrogen and oxygen atoms in total. The van der Waals surface area contributed by atoms with Gasteiger partial charge in [0.25, 0.3) is 0 Å². The van der Waals surface area contributed by atoms with E-state index in [0.29, 0.717) is 0 Å². The van der Waals surface area contributed by atoms with Gasteiger partial charge >= 0.3 is 0 Å². The van der Waals surface area contributed by atoms with E-state index in [-0.39, 0.29) is 5.82 Å². The van der Waals surface area contributed by atoms with Gasteiger partial charge in [-0.3, -0.25) is 0 Å². The van der Waals surface area contributed by atoms with Crippen LogP contribution in [0.4, 0.5) is 21.5 Å². The molecule has 0 aliphatic heterocycles. The summed E-state index contributed by atoms with van der Waals surface area (Å²) in [4.78, 5) is 2.33. The van der Waals surface area contributed by atoms with Crippen LogP contribution in [0.2, 0.25) is 0 Å². The van der Waals surface area contributed by atoms with Crippen LogP contribution in [0.25, 0.3) is 81.0 Å². The van der Waals surface area contributed by atoms with E-state index >= 15 is 0 Å². The third-order valence-electron chi connectivity index (χ3n) is 11.3. The summed E-state index contributed by atoms with van der Waals surface area (Å²) in [6, 6.07) is 74.3. The van der Waals surface area contributed by atoms with E-state index < -0.39 is 0 Å². The maximum Gasteiger partial charge on any atom is 0.125 e. The highest BCUT2D eigenvalue weighted by molar-refractivity contribution is 7.25. The third-order valence-corrected chi connectivity index (χ3v) is 12.4. The highest BCUT2D eigenvalue weighted by Gasteiger charge is 2.17. The van der Waals surface area contributed by atoms with Crippen molar-refractivity contribution < 1.29 is 4.39 Å². The summed E-state index contributed by atoms with van der Waals surface area (Å²) in [5.74, 6) is -0.245. The second kappa shape index (κ2) is 14.0. The zero-order valence-electron chi connectivity index (χ0n) is 31.4. The van der Waals surface area contributed by atoms with Gasteiger partial charge in [0.05, 0.1) is 11.0 Å². The number of para-hydroxylation sites is 1. The van der Waals surface area contributed by atoms with Gasteiger partial charge < -0.3 is 9.47 Å². The molecule has 0 radical (unpaired) electrons. The first kappa shape index (κ1) is 34.0. The Morgan fingerprint density at radius 2 is 0.931 bits per heavy atom. The maximum absolute atomic E-state index is 14.6. The van der Waals surface area contributed by atoms with Crippen molar-refractivity contribution in [2.75, 3.05) is 4.90 Å². The highest BCUT2D eigenvalue weighted by atomic mass is 32.1. The molecule has 0 saturated heterocycles. The number of hydrogen-bond donors (Lipinski definition) is 0. The molecule has 0 unspecified atom stereocenters. The van der Waals surface area contributed by atoms with Crippen molar-refractivity contribution in [1.82, 2.24) is 4.57 Å². The van der Waals surface area contributed by atoms with E-state index in [0.717, 1.165) is 55.7 Å². The number of rotatable bonds is 7. The summed E-state index contributed by atoms with van der Waals surface area (Å²) in [5, 5.41) is 4.76. The number of anilines is 3. The maximum atomic E-state index is 14.6. The highest BCUT2D eigenvalue weighted by Crippen LogP contribution is 2.42. The first-order chi connectivity index (χ1) is 28.7. The lowest BCUT2D eigenvalue weighted by Gasteiger charge is -2.26. The lowest BCUT2D eigenvalue weighted by molar-refractivity contribution is 0.629. The molecule has 11 aromatic rings. The van der Waals surface area contributed by atoms with Gasteiger partial charge in [0.15, 0.2) is 0 Å². The van der Waals surface area contributed by atoms with Crippen molar-refractivity contribution in [3.63, 3.8) is 0 Å². The molecular formula is C54H35FN2S. The molecule has 2 heterocycles. The van der Waals surface area contributed by atoms with Crippen LogP contribution in [0.5, 0.6) is 0 Å². The Hall–Kier alpha value is -7.27. The Labute approximate surface area is 339 Å². The fraction of sp³-hybridized carbons (Fsp3) is 0. The van der Waals surface area contributed by atoms with Gasteiger partial charge in [0, 0.05) is 53.7 Å². The largest absolute Gasteiger partial charge is 0.311 e. The predicted molar refractivity (Wildman–Crippen MR) is 245 cm³/mol. The molecule has 58 heavy (non-hydrogen) atoms. The number of hydrogen-bond acceptors (Lipinski definition) is 2. The van der Waals surface area contributed by atoms with Crippen LogP contribution < -0.4 is 4.90 Å². The molecule has 0 bridgehead atoms. The number of benzene rings is 9. The Balaban J connectivity index is 0.980. The second-order valence-electron chi connectivity index (χ2n) is 14.7. The molecule has 0 spiro atoms. The van der Waals surface area contributed by atoms with Crippen molar-refractivity contribution in [2.45, 2.75) is 0 Å². The SMILES string of the molecule is Fc1ccc2c3ccccc3n(-c3cccc(-c4ccc(N(c5ccc(-c6ccccc6)cc5)c5ccc(-c6cccc7sc8ccccc8c67)cc5)cc4)c3)c2c1. The molecular weight excluding hydrogens is 728 g/mol. The van der Waals surface area contributed by atoms with Crippen LogP contribution in [0.1, 0.15) is 0 Å². The summed E-state index contributed by atoms with van der Waals surface area (Å²) in [7, 11) is 0. The van der Waals surface area contributed by atoms with E-state index in [1.54, 1.807) is 12.1 Å². The zero-order valence-corrected chi connectivity index (χ0v) is 32.2. The Bertz CT molecular complexity index is 3270. The van der Waals surface area contributed by atoms with Crippen molar-refractivity contribution in [3.8, 4) is 39.1 Å². The average molecular weight is 763 g/mol. The van der Waals surface area contributed by atoms with Crippen LogP contribution in [0.15, 0.2) is 212 Å². The number of halogens is 1. The minimum atomic E-state index is -0.245. The summed E-state index contributed by atoms with van der Waals surface area (Å²) < 4.78 is 19.4. The van der Waals surface area contributed by atoms with Gasteiger partial charge in [0.1, 0.15) is 5.82 Å². The van der Waals surface area contributed by atoms with Crippen molar-refractivity contribution in [3.05, 3.63) is 218 Å². The molecule has 0 saturated carbocycles. The Kier molecular flexibility index (Phi) is 8.23. The molecule has 0 amide bonds. The van der Waals surface area contributed by atoms with Crippen LogP contribution in [0.3, 0.4) is 0 Å². The van der Waals surface area contributed by atoms with E-state index in [4.69, 9.17) is 0 Å². The van der Waals surface area contributed by atoms with Gasteiger partial charge in [-0.1, -0.05) is 127 Å². The summed E-state index contributed by atoms with van der Waals surface area (Å²) in [5.41, 5.74) is 13.1.